The van der Waals surface area contributed by atoms with Gasteiger partial charge in [-0.15, -0.1) is 0 Å². The van der Waals surface area contributed by atoms with Crippen LogP contribution in [0, 0.1) is 5.82 Å². The SMILES string of the molecule is CC.CN1CCC(n2cc(-c3cncc(-c4cc(-c5cc(C(F)(F)F)ccc5F)nc5ncccc45)c3)cn2)CC1. The van der Waals surface area contributed by atoms with Crippen LogP contribution in [0.25, 0.3) is 44.5 Å². The van der Waals surface area contributed by atoms with Gasteiger partial charge < -0.3 is 4.90 Å². The summed E-state index contributed by atoms with van der Waals surface area (Å²) < 4.78 is 56.9. The molecule has 1 aliphatic heterocycles. The summed E-state index contributed by atoms with van der Waals surface area (Å²) >= 11 is 0. The lowest BCUT2D eigenvalue weighted by molar-refractivity contribution is -0.137. The van der Waals surface area contributed by atoms with Gasteiger partial charge in [0.05, 0.1) is 23.5 Å². The third-order valence-corrected chi connectivity index (χ3v) is 7.20. The maximum Gasteiger partial charge on any atom is 0.416 e. The van der Waals surface area contributed by atoms with E-state index in [4.69, 9.17) is 0 Å². The molecule has 0 amide bonds. The molecule has 5 aromatic rings. The molecule has 212 valence electrons. The first kappa shape index (κ1) is 28.4. The molecule has 1 saturated heterocycles. The molecule has 0 bridgehead atoms. The number of hydrogen-bond donors (Lipinski definition) is 0. The second-order valence-electron chi connectivity index (χ2n) is 9.83. The molecule has 6 rings (SSSR count). The normalized spacial score (nSPS) is 14.6. The van der Waals surface area contributed by atoms with E-state index >= 15 is 0 Å². The Bertz CT molecular complexity index is 1650. The predicted molar refractivity (Wildman–Crippen MR) is 152 cm³/mol. The quantitative estimate of drug-likeness (QED) is 0.210. The average Bonchev–Trinajstić information content (AvgIpc) is 3.48. The highest BCUT2D eigenvalue weighted by Crippen LogP contribution is 2.37. The number of benzene rings is 1. The number of piperidine rings is 1. The molecule has 41 heavy (non-hydrogen) atoms. The van der Waals surface area contributed by atoms with Crippen LogP contribution in [-0.2, 0) is 6.18 Å². The van der Waals surface area contributed by atoms with E-state index in [-0.39, 0.29) is 11.3 Å². The molecule has 1 aliphatic rings. The van der Waals surface area contributed by atoms with E-state index < -0.39 is 17.6 Å². The van der Waals surface area contributed by atoms with Gasteiger partial charge in [-0.2, -0.15) is 18.3 Å². The van der Waals surface area contributed by atoms with Crippen molar-refractivity contribution in [3.63, 3.8) is 0 Å². The van der Waals surface area contributed by atoms with Crippen molar-refractivity contribution in [3.8, 4) is 33.5 Å². The first-order chi connectivity index (χ1) is 19.8. The summed E-state index contributed by atoms with van der Waals surface area (Å²) in [7, 11) is 2.12. The molecular formula is C31H30F4N6. The van der Waals surface area contributed by atoms with Crippen molar-refractivity contribution < 1.29 is 17.6 Å². The van der Waals surface area contributed by atoms with Crippen LogP contribution in [0.2, 0.25) is 0 Å². The van der Waals surface area contributed by atoms with Gasteiger partial charge in [-0.3, -0.25) is 9.67 Å². The number of halogens is 4. The Kier molecular flexibility index (Phi) is 8.12. The van der Waals surface area contributed by atoms with Crippen molar-refractivity contribution in [3.05, 3.63) is 84.8 Å². The van der Waals surface area contributed by atoms with Crippen molar-refractivity contribution >= 4 is 11.0 Å². The second-order valence-corrected chi connectivity index (χ2v) is 9.83. The van der Waals surface area contributed by atoms with E-state index in [1.54, 1.807) is 24.5 Å². The van der Waals surface area contributed by atoms with E-state index in [0.29, 0.717) is 28.2 Å². The fourth-order valence-corrected chi connectivity index (χ4v) is 5.02. The third kappa shape index (κ3) is 5.97. The van der Waals surface area contributed by atoms with Gasteiger partial charge in [0.1, 0.15) is 5.82 Å². The van der Waals surface area contributed by atoms with E-state index in [2.05, 4.69) is 32.0 Å². The lowest BCUT2D eigenvalue weighted by Crippen LogP contribution is -2.31. The smallest absolute Gasteiger partial charge is 0.306 e. The molecular weight excluding hydrogens is 532 g/mol. The number of nitrogens with zero attached hydrogens (tertiary/aromatic N) is 6. The number of alkyl halides is 3. The molecule has 0 unspecified atom stereocenters. The highest BCUT2D eigenvalue weighted by atomic mass is 19.4. The van der Waals surface area contributed by atoms with Gasteiger partial charge in [0.2, 0.25) is 0 Å². The first-order valence-corrected chi connectivity index (χ1v) is 13.6. The van der Waals surface area contributed by atoms with Crippen LogP contribution in [0.4, 0.5) is 17.6 Å². The van der Waals surface area contributed by atoms with Crippen molar-refractivity contribution in [2.24, 2.45) is 0 Å². The Morgan fingerprint density at radius 3 is 2.39 bits per heavy atom. The van der Waals surface area contributed by atoms with Crippen LogP contribution in [0.5, 0.6) is 0 Å². The molecule has 6 nitrogen and oxygen atoms in total. The molecule has 0 aliphatic carbocycles. The summed E-state index contributed by atoms with van der Waals surface area (Å²) in [6, 6.07) is 9.75. The second kappa shape index (κ2) is 11.7. The number of rotatable bonds is 4. The van der Waals surface area contributed by atoms with Gasteiger partial charge in [0, 0.05) is 52.4 Å². The van der Waals surface area contributed by atoms with Gasteiger partial charge >= 0.3 is 6.18 Å². The maximum atomic E-state index is 14.8. The Balaban J connectivity index is 0.00000165. The number of fused-ring (bicyclic) bond motifs is 1. The summed E-state index contributed by atoms with van der Waals surface area (Å²) in [6.07, 6.45) is 6.23. The molecule has 0 atom stereocenters. The zero-order chi connectivity index (χ0) is 29.1. The number of likely N-dealkylation sites (tertiary alicyclic amines) is 1. The van der Waals surface area contributed by atoms with Crippen LogP contribution in [0.1, 0.15) is 38.3 Å². The Morgan fingerprint density at radius 1 is 0.878 bits per heavy atom. The molecule has 10 heteroatoms. The zero-order valence-corrected chi connectivity index (χ0v) is 23.0. The minimum atomic E-state index is -4.61. The highest BCUT2D eigenvalue weighted by molar-refractivity contribution is 5.95. The molecule has 5 heterocycles. The van der Waals surface area contributed by atoms with Crippen LogP contribution < -0.4 is 0 Å². The number of pyridine rings is 3. The van der Waals surface area contributed by atoms with Gasteiger partial charge in [-0.25, -0.2) is 14.4 Å². The molecule has 1 fully saturated rings. The standard InChI is InChI=1S/C29H24F4N6.C2H6/c1-38-9-6-22(7-10-38)39-17-20(16-36-39)18-11-19(15-34-14-18)24-13-27(37-28-23(24)3-2-8-35-28)25-12-21(29(31,32)33)4-5-26(25)30;1-2/h2-5,8,11-17,22H,6-7,9-10H2,1H3;1-2H3. The Hall–Kier alpha value is -4.18. The minimum Gasteiger partial charge on any atom is -0.306 e. The maximum absolute atomic E-state index is 14.8. The van der Waals surface area contributed by atoms with Gasteiger partial charge in [-0.05, 0) is 81.0 Å². The van der Waals surface area contributed by atoms with Crippen molar-refractivity contribution in [1.29, 1.82) is 0 Å². The van der Waals surface area contributed by atoms with Crippen LogP contribution in [-0.4, -0.2) is 49.8 Å². The fourth-order valence-electron chi connectivity index (χ4n) is 5.02. The van der Waals surface area contributed by atoms with E-state index in [1.807, 2.05) is 43.1 Å². The number of aromatic nitrogens is 5. The van der Waals surface area contributed by atoms with Gasteiger partial charge in [0.15, 0.2) is 5.65 Å². The first-order valence-electron chi connectivity index (χ1n) is 13.6. The van der Waals surface area contributed by atoms with Gasteiger partial charge in [0.25, 0.3) is 0 Å². The summed E-state index contributed by atoms with van der Waals surface area (Å²) in [6.45, 7) is 6.05. The molecule has 0 saturated carbocycles. The van der Waals surface area contributed by atoms with Crippen molar-refractivity contribution in [1.82, 2.24) is 29.6 Å². The molecule has 0 spiro atoms. The van der Waals surface area contributed by atoms with Crippen LogP contribution >= 0.6 is 0 Å². The fraction of sp³-hybridized carbons (Fsp3) is 0.290. The van der Waals surface area contributed by atoms with Crippen molar-refractivity contribution in [2.45, 2.75) is 38.9 Å². The lowest BCUT2D eigenvalue weighted by Gasteiger charge is -2.28. The molecule has 1 aromatic carbocycles. The number of hydrogen-bond acceptors (Lipinski definition) is 5. The van der Waals surface area contributed by atoms with E-state index in [1.165, 1.54) is 6.20 Å². The van der Waals surface area contributed by atoms with E-state index in [0.717, 1.165) is 55.3 Å². The zero-order valence-electron chi connectivity index (χ0n) is 23.0. The van der Waals surface area contributed by atoms with Crippen LogP contribution in [0.15, 0.2) is 73.4 Å². The van der Waals surface area contributed by atoms with Gasteiger partial charge in [-0.1, -0.05) is 13.8 Å². The monoisotopic (exact) mass is 562 g/mol. The van der Waals surface area contributed by atoms with Crippen molar-refractivity contribution in [2.75, 3.05) is 20.1 Å². The largest absolute Gasteiger partial charge is 0.416 e. The third-order valence-electron chi connectivity index (χ3n) is 7.20. The lowest BCUT2D eigenvalue weighted by atomic mass is 9.98. The molecule has 4 aromatic heterocycles. The summed E-state index contributed by atoms with van der Waals surface area (Å²) in [4.78, 5) is 15.4. The molecule has 0 N–H and O–H groups in total. The average molecular weight is 563 g/mol. The summed E-state index contributed by atoms with van der Waals surface area (Å²) in [5.74, 6) is -0.801. The topological polar surface area (TPSA) is 59.7 Å². The predicted octanol–water partition coefficient (Wildman–Crippen LogP) is 7.67. The summed E-state index contributed by atoms with van der Waals surface area (Å²) in [5, 5.41) is 5.28. The Labute approximate surface area is 235 Å². The minimum absolute atomic E-state index is 0.0558. The summed E-state index contributed by atoms with van der Waals surface area (Å²) in [5.41, 5.74) is 2.24. The molecule has 0 radical (unpaired) electrons. The Morgan fingerprint density at radius 2 is 1.63 bits per heavy atom. The van der Waals surface area contributed by atoms with E-state index in [9.17, 15) is 17.6 Å². The highest BCUT2D eigenvalue weighted by Gasteiger charge is 2.31. The van der Waals surface area contributed by atoms with Crippen LogP contribution in [0.3, 0.4) is 0 Å².